The minimum Gasteiger partial charge on any atom is -0.349 e. The van der Waals surface area contributed by atoms with Crippen molar-refractivity contribution in [2.75, 3.05) is 0 Å². The van der Waals surface area contributed by atoms with E-state index in [1.807, 2.05) is 36.4 Å². The van der Waals surface area contributed by atoms with Crippen molar-refractivity contribution in [3.05, 3.63) is 64.9 Å². The van der Waals surface area contributed by atoms with Gasteiger partial charge in [-0.2, -0.15) is 0 Å². The molecule has 0 saturated heterocycles. The summed E-state index contributed by atoms with van der Waals surface area (Å²) in [7, 11) is 0. The summed E-state index contributed by atoms with van der Waals surface area (Å²) in [6, 6.07) is 16.1. The lowest BCUT2D eigenvalue weighted by atomic mass is 10.1. The zero-order valence-electron chi connectivity index (χ0n) is 13.2. The molecule has 4 rings (SSSR count). The molecule has 1 aliphatic rings. The van der Waals surface area contributed by atoms with Crippen LogP contribution in [0.15, 0.2) is 48.5 Å². The number of carbonyl (C=O) groups is 1. The van der Waals surface area contributed by atoms with Crippen molar-refractivity contribution < 1.29 is 4.79 Å². The van der Waals surface area contributed by atoms with Gasteiger partial charge in [0.05, 0.1) is 24.0 Å². The molecule has 5 heteroatoms. The summed E-state index contributed by atoms with van der Waals surface area (Å²) in [5.74, 6) is 0.907. The van der Waals surface area contributed by atoms with Crippen molar-refractivity contribution in [2.24, 2.45) is 0 Å². The van der Waals surface area contributed by atoms with E-state index in [-0.39, 0.29) is 5.91 Å². The molecule has 3 aromatic rings. The van der Waals surface area contributed by atoms with E-state index in [9.17, 15) is 4.79 Å². The number of para-hydroxylation sites is 2. The molecule has 1 fully saturated rings. The van der Waals surface area contributed by atoms with Crippen LogP contribution in [0.5, 0.6) is 0 Å². The van der Waals surface area contributed by atoms with Crippen LogP contribution in [0, 0.1) is 0 Å². The van der Waals surface area contributed by atoms with Crippen LogP contribution < -0.4 is 5.32 Å². The van der Waals surface area contributed by atoms with Crippen LogP contribution >= 0.6 is 11.6 Å². The highest BCUT2D eigenvalue weighted by Crippen LogP contribution is 2.38. The summed E-state index contributed by atoms with van der Waals surface area (Å²) in [6.07, 6.45) is 2.69. The SMILES string of the molecule is O=C(Cc1cccc(Cl)c1)NCc1nc2ccccc2n1C1CC1. The first-order valence-corrected chi connectivity index (χ1v) is 8.55. The molecular weight excluding hydrogens is 322 g/mol. The minimum atomic E-state index is -0.0216. The maximum absolute atomic E-state index is 12.2. The molecule has 0 atom stereocenters. The highest BCUT2D eigenvalue weighted by Gasteiger charge is 2.28. The number of fused-ring (bicyclic) bond motifs is 1. The summed E-state index contributed by atoms with van der Waals surface area (Å²) in [4.78, 5) is 16.9. The van der Waals surface area contributed by atoms with Gasteiger partial charge in [-0.25, -0.2) is 4.98 Å². The number of rotatable bonds is 5. The maximum atomic E-state index is 12.2. The first-order valence-electron chi connectivity index (χ1n) is 8.18. The van der Waals surface area contributed by atoms with Crippen molar-refractivity contribution >= 4 is 28.5 Å². The second kappa shape index (κ2) is 6.29. The molecule has 0 aliphatic heterocycles. The molecule has 2 aromatic carbocycles. The van der Waals surface area contributed by atoms with Gasteiger partial charge in [0.15, 0.2) is 0 Å². The van der Waals surface area contributed by atoms with Gasteiger partial charge in [0.1, 0.15) is 5.82 Å². The van der Waals surface area contributed by atoms with Crippen molar-refractivity contribution in [3.63, 3.8) is 0 Å². The van der Waals surface area contributed by atoms with Crippen LogP contribution in [0.1, 0.15) is 30.3 Å². The molecule has 4 nitrogen and oxygen atoms in total. The fraction of sp³-hybridized carbons (Fsp3) is 0.263. The zero-order valence-corrected chi connectivity index (χ0v) is 14.0. The zero-order chi connectivity index (χ0) is 16.5. The number of nitrogens with zero attached hydrogens (tertiary/aromatic N) is 2. The first-order chi connectivity index (χ1) is 11.7. The summed E-state index contributed by atoms with van der Waals surface area (Å²) in [5, 5.41) is 3.63. The van der Waals surface area contributed by atoms with E-state index in [2.05, 4.69) is 16.0 Å². The Bertz CT molecular complexity index is 899. The van der Waals surface area contributed by atoms with Crippen LogP contribution in [-0.4, -0.2) is 15.5 Å². The number of halogens is 1. The average molecular weight is 340 g/mol. The Kier molecular flexibility index (Phi) is 3.98. The molecule has 1 heterocycles. The third-order valence-corrected chi connectivity index (χ3v) is 4.51. The Morgan fingerprint density at radius 3 is 2.83 bits per heavy atom. The number of hydrogen-bond acceptors (Lipinski definition) is 2. The van der Waals surface area contributed by atoms with Crippen LogP contribution in [0.4, 0.5) is 0 Å². The normalized spacial score (nSPS) is 14.0. The lowest BCUT2D eigenvalue weighted by molar-refractivity contribution is -0.120. The van der Waals surface area contributed by atoms with E-state index in [0.717, 1.165) is 22.4 Å². The van der Waals surface area contributed by atoms with E-state index in [0.29, 0.717) is 24.0 Å². The summed E-state index contributed by atoms with van der Waals surface area (Å²) in [5.41, 5.74) is 3.05. The number of aromatic nitrogens is 2. The Balaban J connectivity index is 1.48. The van der Waals surface area contributed by atoms with E-state index in [4.69, 9.17) is 16.6 Å². The number of imidazole rings is 1. The van der Waals surface area contributed by atoms with Gasteiger partial charge in [-0.05, 0) is 42.7 Å². The van der Waals surface area contributed by atoms with Gasteiger partial charge in [0.2, 0.25) is 5.91 Å². The molecular formula is C19H18ClN3O. The van der Waals surface area contributed by atoms with E-state index in [1.165, 1.54) is 12.8 Å². The predicted molar refractivity (Wildman–Crippen MR) is 95.0 cm³/mol. The van der Waals surface area contributed by atoms with Crippen molar-refractivity contribution in [3.8, 4) is 0 Å². The largest absolute Gasteiger partial charge is 0.349 e. The van der Waals surface area contributed by atoms with Gasteiger partial charge in [-0.15, -0.1) is 0 Å². The highest BCUT2D eigenvalue weighted by atomic mass is 35.5. The maximum Gasteiger partial charge on any atom is 0.224 e. The van der Waals surface area contributed by atoms with Gasteiger partial charge in [0, 0.05) is 11.1 Å². The lowest BCUT2D eigenvalue weighted by Gasteiger charge is -2.09. The molecule has 0 radical (unpaired) electrons. The Labute approximate surface area is 145 Å². The molecule has 1 N–H and O–H groups in total. The Morgan fingerprint density at radius 1 is 1.21 bits per heavy atom. The van der Waals surface area contributed by atoms with Crippen LogP contribution in [0.25, 0.3) is 11.0 Å². The molecule has 1 amide bonds. The van der Waals surface area contributed by atoms with Gasteiger partial charge < -0.3 is 9.88 Å². The second-order valence-electron chi connectivity index (χ2n) is 6.20. The van der Waals surface area contributed by atoms with E-state index >= 15 is 0 Å². The van der Waals surface area contributed by atoms with Crippen molar-refractivity contribution in [1.29, 1.82) is 0 Å². The summed E-state index contributed by atoms with van der Waals surface area (Å²) < 4.78 is 2.27. The number of nitrogens with one attached hydrogen (secondary N) is 1. The van der Waals surface area contributed by atoms with Crippen molar-refractivity contribution in [1.82, 2.24) is 14.9 Å². The van der Waals surface area contributed by atoms with Gasteiger partial charge >= 0.3 is 0 Å². The molecule has 1 saturated carbocycles. The fourth-order valence-electron chi connectivity index (χ4n) is 3.03. The highest BCUT2D eigenvalue weighted by molar-refractivity contribution is 6.30. The predicted octanol–water partition coefficient (Wildman–Crippen LogP) is 3.88. The molecule has 0 spiro atoms. The third-order valence-electron chi connectivity index (χ3n) is 4.28. The number of carbonyl (C=O) groups excluding carboxylic acids is 1. The summed E-state index contributed by atoms with van der Waals surface area (Å²) >= 11 is 5.96. The topological polar surface area (TPSA) is 46.9 Å². The van der Waals surface area contributed by atoms with Crippen LogP contribution in [0.2, 0.25) is 5.02 Å². The standard InChI is InChI=1S/C19H18ClN3O/c20-14-5-3-4-13(10-14)11-19(24)21-12-18-22-16-6-1-2-7-17(16)23(18)15-8-9-15/h1-7,10,15H,8-9,11-12H2,(H,21,24). The molecule has 24 heavy (non-hydrogen) atoms. The lowest BCUT2D eigenvalue weighted by Crippen LogP contribution is -2.26. The first kappa shape index (κ1) is 15.2. The Hall–Kier alpha value is -2.33. The van der Waals surface area contributed by atoms with Gasteiger partial charge in [-0.1, -0.05) is 35.9 Å². The number of benzene rings is 2. The smallest absolute Gasteiger partial charge is 0.224 e. The van der Waals surface area contributed by atoms with Crippen molar-refractivity contribution in [2.45, 2.75) is 31.8 Å². The number of hydrogen-bond donors (Lipinski definition) is 1. The number of amides is 1. The molecule has 1 aliphatic carbocycles. The van der Waals surface area contributed by atoms with E-state index in [1.54, 1.807) is 6.07 Å². The van der Waals surface area contributed by atoms with Crippen LogP contribution in [-0.2, 0) is 17.8 Å². The third kappa shape index (κ3) is 3.15. The average Bonchev–Trinajstić information content (AvgIpc) is 3.33. The minimum absolute atomic E-state index is 0.0216. The van der Waals surface area contributed by atoms with Crippen LogP contribution in [0.3, 0.4) is 0 Å². The molecule has 0 bridgehead atoms. The van der Waals surface area contributed by atoms with Gasteiger partial charge in [0.25, 0.3) is 0 Å². The monoisotopic (exact) mass is 339 g/mol. The van der Waals surface area contributed by atoms with E-state index < -0.39 is 0 Å². The summed E-state index contributed by atoms with van der Waals surface area (Å²) in [6.45, 7) is 0.449. The molecule has 122 valence electrons. The quantitative estimate of drug-likeness (QED) is 0.766. The molecule has 0 unspecified atom stereocenters. The molecule has 1 aromatic heterocycles. The Morgan fingerprint density at radius 2 is 2.04 bits per heavy atom. The second-order valence-corrected chi connectivity index (χ2v) is 6.64. The van der Waals surface area contributed by atoms with Gasteiger partial charge in [-0.3, -0.25) is 4.79 Å². The fourth-order valence-corrected chi connectivity index (χ4v) is 3.24.